The maximum Gasteiger partial charge on any atom is 0.409 e. The zero-order valence-electron chi connectivity index (χ0n) is 13.1. The lowest BCUT2D eigenvalue weighted by atomic mass is 9.73. The minimum Gasteiger partial charge on any atom is -0.465 e. The Hall–Kier alpha value is -2.30. The Morgan fingerprint density at radius 1 is 1.35 bits per heavy atom. The number of nitrogens with zero attached hydrogens (tertiary/aromatic N) is 2. The van der Waals surface area contributed by atoms with Crippen LogP contribution in [-0.4, -0.2) is 39.1 Å². The maximum absolute atomic E-state index is 12.6. The van der Waals surface area contributed by atoms with Gasteiger partial charge in [0.05, 0.1) is 6.54 Å². The van der Waals surface area contributed by atoms with E-state index in [1.807, 2.05) is 30.3 Å². The number of carbonyl (C=O) groups excluding carboxylic acids is 1. The fraction of sp³-hybridized carbons (Fsp3) is 0.444. The van der Waals surface area contributed by atoms with Crippen molar-refractivity contribution in [2.75, 3.05) is 6.54 Å². The van der Waals surface area contributed by atoms with Crippen molar-refractivity contribution in [3.05, 3.63) is 48.6 Å². The Morgan fingerprint density at radius 3 is 2.57 bits per heavy atom. The summed E-state index contributed by atoms with van der Waals surface area (Å²) in [5, 5.41) is 9.83. The van der Waals surface area contributed by atoms with E-state index in [4.69, 9.17) is 0 Å². The minimum atomic E-state index is -0.976. The first-order chi connectivity index (χ1) is 11.1. The fourth-order valence-corrected chi connectivity index (χ4v) is 3.99. The molecule has 1 saturated carbocycles. The molecule has 122 valence electrons. The molecule has 3 fully saturated rings. The predicted molar refractivity (Wildman–Crippen MR) is 86.6 cm³/mol. The molecule has 0 atom stereocenters. The molecule has 2 amide bonds. The number of benzene rings is 1. The second-order valence-electron chi connectivity index (χ2n) is 6.35. The van der Waals surface area contributed by atoms with Crippen LogP contribution >= 0.6 is 0 Å². The van der Waals surface area contributed by atoms with Gasteiger partial charge in [0.1, 0.15) is 5.66 Å². The summed E-state index contributed by atoms with van der Waals surface area (Å²) in [7, 11) is 0. The lowest BCUT2D eigenvalue weighted by Crippen LogP contribution is -2.69. The maximum atomic E-state index is 12.6. The second kappa shape index (κ2) is 6.07. The van der Waals surface area contributed by atoms with Gasteiger partial charge in [-0.1, -0.05) is 36.4 Å². The monoisotopic (exact) mass is 314 g/mol. The smallest absolute Gasteiger partial charge is 0.409 e. The van der Waals surface area contributed by atoms with Gasteiger partial charge in [-0.05, 0) is 31.2 Å². The Balaban J connectivity index is 1.96. The van der Waals surface area contributed by atoms with E-state index in [2.05, 4.69) is 6.58 Å². The molecule has 2 bridgehead atoms. The highest BCUT2D eigenvalue weighted by Gasteiger charge is 2.55. The van der Waals surface area contributed by atoms with E-state index >= 15 is 0 Å². The quantitative estimate of drug-likeness (QED) is 0.850. The van der Waals surface area contributed by atoms with Crippen molar-refractivity contribution in [2.24, 2.45) is 5.92 Å². The third-order valence-corrected chi connectivity index (χ3v) is 5.13. The second-order valence-corrected chi connectivity index (χ2v) is 6.35. The molecule has 23 heavy (non-hydrogen) atoms. The summed E-state index contributed by atoms with van der Waals surface area (Å²) < 4.78 is 0. The van der Waals surface area contributed by atoms with E-state index in [1.54, 1.807) is 11.0 Å². The number of hydrogen-bond donors (Lipinski definition) is 1. The number of amides is 2. The van der Waals surface area contributed by atoms with Gasteiger partial charge in [0.25, 0.3) is 0 Å². The first-order valence-electron chi connectivity index (χ1n) is 8.05. The average Bonchev–Trinajstić information content (AvgIpc) is 2.57. The summed E-state index contributed by atoms with van der Waals surface area (Å²) in [6.07, 6.45) is 3.65. The molecule has 2 aliphatic heterocycles. The Kier molecular flexibility index (Phi) is 4.11. The third kappa shape index (κ3) is 2.60. The number of rotatable bonds is 5. The minimum absolute atomic E-state index is 0.0456. The molecule has 3 aliphatic rings. The van der Waals surface area contributed by atoms with Crippen LogP contribution in [0, 0.1) is 5.92 Å². The summed E-state index contributed by atoms with van der Waals surface area (Å²) in [5.74, 6) is 0.117. The molecule has 0 spiro atoms. The summed E-state index contributed by atoms with van der Waals surface area (Å²) in [6.45, 7) is 4.42. The Morgan fingerprint density at radius 2 is 2.00 bits per heavy atom. The largest absolute Gasteiger partial charge is 0.465 e. The van der Waals surface area contributed by atoms with Crippen molar-refractivity contribution in [3.8, 4) is 0 Å². The van der Waals surface area contributed by atoms with E-state index in [1.165, 1.54) is 4.90 Å². The summed E-state index contributed by atoms with van der Waals surface area (Å²) >= 11 is 0. The van der Waals surface area contributed by atoms with Gasteiger partial charge < -0.3 is 10.0 Å². The SMILES string of the molecule is C=CCN1C(=O)C2CCC1(N(Cc1ccccc1)C(=O)O)CC2. The van der Waals surface area contributed by atoms with E-state index in [9.17, 15) is 14.7 Å². The van der Waals surface area contributed by atoms with Crippen molar-refractivity contribution in [1.29, 1.82) is 0 Å². The van der Waals surface area contributed by atoms with Gasteiger partial charge in [0.2, 0.25) is 5.91 Å². The molecular weight excluding hydrogens is 292 g/mol. The van der Waals surface area contributed by atoms with Crippen LogP contribution in [0.15, 0.2) is 43.0 Å². The lowest BCUT2D eigenvalue weighted by molar-refractivity contribution is -0.172. The van der Waals surface area contributed by atoms with Gasteiger partial charge in [-0.3, -0.25) is 9.69 Å². The molecule has 0 aromatic heterocycles. The fourth-order valence-electron chi connectivity index (χ4n) is 3.99. The molecule has 2 heterocycles. The zero-order valence-corrected chi connectivity index (χ0v) is 13.1. The molecule has 1 aromatic carbocycles. The first-order valence-corrected chi connectivity index (χ1v) is 8.05. The molecule has 1 N–H and O–H groups in total. The third-order valence-electron chi connectivity index (χ3n) is 5.13. The molecule has 4 rings (SSSR count). The van der Waals surface area contributed by atoms with Crippen molar-refractivity contribution < 1.29 is 14.7 Å². The summed E-state index contributed by atoms with van der Waals surface area (Å²) in [4.78, 5) is 27.8. The van der Waals surface area contributed by atoms with Crippen LogP contribution in [0.1, 0.15) is 31.2 Å². The highest BCUT2D eigenvalue weighted by Crippen LogP contribution is 2.46. The van der Waals surface area contributed by atoms with Gasteiger partial charge in [-0.15, -0.1) is 6.58 Å². The standard InChI is InChI=1S/C18H22N2O3/c1-2-12-19-16(21)15-8-10-18(19,11-9-15)20(17(22)23)13-14-6-4-3-5-7-14/h2-7,15H,1,8-13H2,(H,22,23). The molecule has 2 saturated heterocycles. The molecular formula is C18H22N2O3. The van der Waals surface area contributed by atoms with Crippen molar-refractivity contribution in [2.45, 2.75) is 37.9 Å². The van der Waals surface area contributed by atoms with Crippen LogP contribution in [0.3, 0.4) is 0 Å². The van der Waals surface area contributed by atoms with E-state index in [0.717, 1.165) is 18.4 Å². The van der Waals surface area contributed by atoms with Gasteiger partial charge in [-0.2, -0.15) is 0 Å². The number of carboxylic acid groups (broad SMARTS) is 1. The van der Waals surface area contributed by atoms with Gasteiger partial charge >= 0.3 is 6.09 Å². The Bertz CT molecular complexity index is 606. The van der Waals surface area contributed by atoms with Gasteiger partial charge in [0.15, 0.2) is 0 Å². The molecule has 0 radical (unpaired) electrons. The summed E-state index contributed by atoms with van der Waals surface area (Å²) in [6, 6.07) is 9.54. The molecule has 1 aromatic rings. The van der Waals surface area contributed by atoms with Crippen molar-refractivity contribution >= 4 is 12.0 Å². The van der Waals surface area contributed by atoms with Gasteiger partial charge in [-0.25, -0.2) is 4.79 Å². The zero-order chi connectivity index (χ0) is 16.4. The number of carbonyl (C=O) groups is 2. The average molecular weight is 314 g/mol. The number of piperidine rings is 2. The normalized spacial score (nSPS) is 26.2. The predicted octanol–water partition coefficient (Wildman–Crippen LogP) is 3.08. The van der Waals surface area contributed by atoms with E-state index in [-0.39, 0.29) is 11.8 Å². The van der Waals surface area contributed by atoms with Crippen LogP contribution in [-0.2, 0) is 11.3 Å². The highest BCUT2D eigenvalue weighted by molar-refractivity contribution is 5.82. The molecule has 5 heteroatoms. The first kappa shape index (κ1) is 15.6. The van der Waals surface area contributed by atoms with Crippen LogP contribution in [0.5, 0.6) is 0 Å². The number of hydrogen-bond acceptors (Lipinski definition) is 2. The van der Waals surface area contributed by atoms with Crippen LogP contribution in [0.25, 0.3) is 0 Å². The van der Waals surface area contributed by atoms with E-state index < -0.39 is 11.8 Å². The van der Waals surface area contributed by atoms with Crippen LogP contribution < -0.4 is 0 Å². The topological polar surface area (TPSA) is 60.9 Å². The lowest BCUT2D eigenvalue weighted by Gasteiger charge is -2.57. The number of fused-ring (bicyclic) bond motifs is 3. The molecule has 5 nitrogen and oxygen atoms in total. The Labute approximate surface area is 136 Å². The highest BCUT2D eigenvalue weighted by atomic mass is 16.4. The summed E-state index contributed by atoms with van der Waals surface area (Å²) in [5.41, 5.74) is 0.199. The van der Waals surface area contributed by atoms with E-state index in [0.29, 0.717) is 25.9 Å². The van der Waals surface area contributed by atoms with Crippen LogP contribution in [0.2, 0.25) is 0 Å². The van der Waals surface area contributed by atoms with Gasteiger partial charge in [0, 0.05) is 12.5 Å². The molecule has 1 aliphatic carbocycles. The van der Waals surface area contributed by atoms with Crippen molar-refractivity contribution in [1.82, 2.24) is 9.80 Å². The van der Waals surface area contributed by atoms with Crippen LogP contribution in [0.4, 0.5) is 4.79 Å². The van der Waals surface area contributed by atoms with Crippen molar-refractivity contribution in [3.63, 3.8) is 0 Å². The molecule has 0 unspecified atom stereocenters.